The van der Waals surface area contributed by atoms with Crippen molar-refractivity contribution in [3.8, 4) is 23.0 Å². The maximum atomic E-state index is 12.7. The third kappa shape index (κ3) is 7.99. The van der Waals surface area contributed by atoms with Crippen LogP contribution in [0.5, 0.6) is 23.0 Å². The molecule has 0 saturated carbocycles. The lowest BCUT2D eigenvalue weighted by Crippen LogP contribution is -2.28. The number of ether oxygens (including phenoxy) is 6. The third-order valence-electron chi connectivity index (χ3n) is 4.56. The average Bonchev–Trinajstić information content (AvgIpc) is 2.92. The minimum atomic E-state index is -1.46. The van der Waals surface area contributed by atoms with Crippen LogP contribution in [0.1, 0.15) is 27.6 Å². The van der Waals surface area contributed by atoms with Crippen LogP contribution < -0.4 is 18.9 Å². The van der Waals surface area contributed by atoms with Crippen molar-refractivity contribution >= 4 is 11.9 Å². The third-order valence-corrected chi connectivity index (χ3v) is 4.56. The Morgan fingerprint density at radius 3 is 1.42 bits per heavy atom. The van der Waals surface area contributed by atoms with Crippen molar-refractivity contribution < 1.29 is 57.6 Å². The Bertz CT molecular complexity index is 862. The zero-order valence-electron chi connectivity index (χ0n) is 20.8. The van der Waals surface area contributed by atoms with Crippen LogP contribution in [0.3, 0.4) is 0 Å². The first-order chi connectivity index (χ1) is 17.5. The number of hydrogen-bond donors (Lipinski definition) is 0. The van der Waals surface area contributed by atoms with Crippen LogP contribution in [0.2, 0.25) is 0 Å². The van der Waals surface area contributed by atoms with Crippen molar-refractivity contribution in [1.29, 1.82) is 0 Å². The van der Waals surface area contributed by atoms with Gasteiger partial charge < -0.3 is 28.4 Å². The lowest BCUT2D eigenvalue weighted by atomic mass is 10.2. The van der Waals surface area contributed by atoms with Crippen LogP contribution in [-0.4, -0.2) is 73.1 Å². The topological polar surface area (TPSA) is 126 Å². The molecule has 0 aromatic heterocycles. The Kier molecular flexibility index (Phi) is 12.3. The highest BCUT2D eigenvalue weighted by molar-refractivity contribution is 5.96. The van der Waals surface area contributed by atoms with E-state index in [9.17, 15) is 9.59 Å². The van der Waals surface area contributed by atoms with Gasteiger partial charge >= 0.3 is 11.9 Å². The fourth-order valence-corrected chi connectivity index (χ4v) is 2.90. The summed E-state index contributed by atoms with van der Waals surface area (Å²) in [5.41, 5.74) is -0.0384. The predicted octanol–water partition coefficient (Wildman–Crippen LogP) is 2.98. The van der Waals surface area contributed by atoms with E-state index in [0.717, 1.165) is 0 Å². The summed E-state index contributed by atoms with van der Waals surface area (Å²) in [7, 11) is 5.54. The first-order valence-corrected chi connectivity index (χ1v) is 10.8. The van der Waals surface area contributed by atoms with E-state index < -0.39 is 18.2 Å². The van der Waals surface area contributed by atoms with Gasteiger partial charge in [0, 0.05) is 6.61 Å². The molecular formula is C24H30O12. The Labute approximate surface area is 208 Å². The van der Waals surface area contributed by atoms with Gasteiger partial charge in [-0.15, -0.1) is 9.78 Å². The molecule has 12 nitrogen and oxygen atoms in total. The van der Waals surface area contributed by atoms with Gasteiger partial charge in [-0.25, -0.2) is 9.59 Å². The van der Waals surface area contributed by atoms with Crippen molar-refractivity contribution in [2.24, 2.45) is 0 Å². The van der Waals surface area contributed by atoms with Crippen LogP contribution in [0.4, 0.5) is 0 Å². The van der Waals surface area contributed by atoms with Gasteiger partial charge in [-0.3, -0.25) is 9.78 Å². The lowest BCUT2D eigenvalue weighted by Gasteiger charge is -2.17. The zero-order chi connectivity index (χ0) is 26.3. The molecule has 0 fully saturated rings. The molecule has 0 spiro atoms. The normalized spacial score (nSPS) is 10.6. The second-order valence-corrected chi connectivity index (χ2v) is 6.71. The predicted molar refractivity (Wildman–Crippen MR) is 123 cm³/mol. The standard InChI is InChI=1S/C24H30O12/c1-6-31-13-14-32-15-20(33-35-23(25)21-16(27-2)9-7-10-17(21)28-3)34-36-24(26)22-18(29-4)11-8-12-19(22)30-5/h7-12,20H,6,13-15H2,1-5H3. The number of carbonyl (C=O) groups excluding carboxylic acids is 2. The van der Waals surface area contributed by atoms with Gasteiger partial charge in [0.2, 0.25) is 0 Å². The van der Waals surface area contributed by atoms with Gasteiger partial charge in [-0.2, -0.15) is 0 Å². The monoisotopic (exact) mass is 510 g/mol. The van der Waals surface area contributed by atoms with Crippen molar-refractivity contribution in [3.63, 3.8) is 0 Å². The van der Waals surface area contributed by atoms with Crippen LogP contribution in [0.25, 0.3) is 0 Å². The summed E-state index contributed by atoms with van der Waals surface area (Å²) in [6, 6.07) is 9.47. The highest BCUT2D eigenvalue weighted by Gasteiger charge is 2.26. The van der Waals surface area contributed by atoms with E-state index in [0.29, 0.717) is 13.2 Å². The van der Waals surface area contributed by atoms with Crippen LogP contribution in [-0.2, 0) is 29.0 Å². The molecule has 0 aliphatic carbocycles. The lowest BCUT2D eigenvalue weighted by molar-refractivity contribution is -0.427. The summed E-state index contributed by atoms with van der Waals surface area (Å²) >= 11 is 0. The molecule has 0 aliphatic heterocycles. The van der Waals surface area contributed by atoms with Gasteiger partial charge in [0.1, 0.15) is 40.7 Å². The van der Waals surface area contributed by atoms with Crippen molar-refractivity contribution in [2.75, 3.05) is 54.9 Å². The molecule has 2 aromatic carbocycles. The van der Waals surface area contributed by atoms with Gasteiger partial charge in [-0.05, 0) is 31.2 Å². The van der Waals surface area contributed by atoms with E-state index in [1.807, 2.05) is 6.92 Å². The molecule has 0 atom stereocenters. The smallest absolute Gasteiger partial charge is 0.380 e. The molecule has 0 radical (unpaired) electrons. The van der Waals surface area contributed by atoms with E-state index in [2.05, 4.69) is 0 Å². The second-order valence-electron chi connectivity index (χ2n) is 6.71. The van der Waals surface area contributed by atoms with E-state index in [1.54, 1.807) is 36.4 Å². The Morgan fingerprint density at radius 2 is 1.06 bits per heavy atom. The van der Waals surface area contributed by atoms with Crippen LogP contribution in [0, 0.1) is 0 Å². The molecule has 0 unspecified atom stereocenters. The van der Waals surface area contributed by atoms with Gasteiger partial charge in [-0.1, -0.05) is 12.1 Å². The molecule has 12 heteroatoms. The van der Waals surface area contributed by atoms with E-state index in [1.165, 1.54) is 28.4 Å². The summed E-state index contributed by atoms with van der Waals surface area (Å²) in [5, 5.41) is 0. The summed E-state index contributed by atoms with van der Waals surface area (Å²) in [5.74, 6) is -1.09. The van der Waals surface area contributed by atoms with Gasteiger partial charge in [0.15, 0.2) is 0 Å². The maximum absolute atomic E-state index is 12.7. The average molecular weight is 510 g/mol. The molecule has 2 aromatic rings. The first-order valence-electron chi connectivity index (χ1n) is 10.8. The van der Waals surface area contributed by atoms with Crippen molar-refractivity contribution in [1.82, 2.24) is 0 Å². The Hall–Kier alpha value is -3.58. The number of carbonyl (C=O) groups is 2. The fraction of sp³-hybridized carbons (Fsp3) is 0.417. The molecule has 0 heterocycles. The first kappa shape index (κ1) is 28.7. The largest absolute Gasteiger partial charge is 0.496 e. The molecule has 36 heavy (non-hydrogen) atoms. The van der Waals surface area contributed by atoms with Crippen molar-refractivity contribution in [3.05, 3.63) is 47.5 Å². The molecule has 0 saturated heterocycles. The number of hydrogen-bond acceptors (Lipinski definition) is 12. The summed E-state index contributed by atoms with van der Waals surface area (Å²) < 4.78 is 31.4. The second kappa shape index (κ2) is 15.4. The maximum Gasteiger partial charge on any atom is 0.380 e. The molecular weight excluding hydrogens is 480 g/mol. The number of methoxy groups -OCH3 is 4. The highest BCUT2D eigenvalue weighted by Crippen LogP contribution is 2.30. The molecule has 198 valence electrons. The minimum Gasteiger partial charge on any atom is -0.496 e. The molecule has 0 bridgehead atoms. The highest BCUT2D eigenvalue weighted by atomic mass is 17.3. The van der Waals surface area contributed by atoms with Crippen LogP contribution >= 0.6 is 0 Å². The van der Waals surface area contributed by atoms with E-state index in [-0.39, 0.29) is 47.3 Å². The molecule has 0 aliphatic rings. The van der Waals surface area contributed by atoms with Gasteiger partial charge in [0.05, 0.1) is 41.7 Å². The Morgan fingerprint density at radius 1 is 0.667 bits per heavy atom. The molecule has 0 N–H and O–H groups in total. The van der Waals surface area contributed by atoms with Crippen LogP contribution in [0.15, 0.2) is 36.4 Å². The SMILES string of the molecule is CCOCCOCC(OOC(=O)c1c(OC)cccc1OC)OOC(=O)c1c(OC)cccc1OC. The summed E-state index contributed by atoms with van der Waals surface area (Å²) in [6.07, 6.45) is -1.46. The molecule has 2 rings (SSSR count). The Balaban J connectivity index is 2.10. The summed E-state index contributed by atoms with van der Waals surface area (Å²) in [4.78, 5) is 45.3. The minimum absolute atomic E-state index is 0.0192. The van der Waals surface area contributed by atoms with E-state index >= 15 is 0 Å². The number of benzene rings is 2. The van der Waals surface area contributed by atoms with Gasteiger partial charge in [0.25, 0.3) is 6.29 Å². The van der Waals surface area contributed by atoms with E-state index in [4.69, 9.17) is 48.0 Å². The summed E-state index contributed by atoms with van der Waals surface area (Å²) in [6.45, 7) is 2.56. The zero-order valence-corrected chi connectivity index (χ0v) is 20.8. The number of rotatable bonds is 16. The van der Waals surface area contributed by atoms with Crippen molar-refractivity contribution in [2.45, 2.75) is 13.2 Å². The molecule has 0 amide bonds. The fourth-order valence-electron chi connectivity index (χ4n) is 2.90. The quantitative estimate of drug-likeness (QED) is 0.143.